The minimum absolute atomic E-state index is 0.434. The molecule has 0 aromatic heterocycles. The molecule has 108 valence electrons. The molecule has 0 heterocycles. The molecule has 19 heavy (non-hydrogen) atoms. The average Bonchev–Trinajstić information content (AvgIpc) is 2.46. The van der Waals surface area contributed by atoms with Crippen LogP contribution in [-0.2, 0) is 0 Å². The molecule has 0 amide bonds. The van der Waals surface area contributed by atoms with Crippen LogP contribution < -0.4 is 10.6 Å². The maximum atomic E-state index is 3.48. The highest BCUT2D eigenvalue weighted by molar-refractivity contribution is 5.27. The molecule has 1 aromatic rings. The molecule has 3 atom stereocenters. The van der Waals surface area contributed by atoms with Gasteiger partial charge in [-0.1, -0.05) is 51.5 Å². The van der Waals surface area contributed by atoms with Crippen molar-refractivity contribution < 1.29 is 0 Å². The molecule has 0 saturated heterocycles. The topological polar surface area (TPSA) is 24.1 Å². The van der Waals surface area contributed by atoms with Gasteiger partial charge >= 0.3 is 0 Å². The highest BCUT2D eigenvalue weighted by Gasteiger charge is 2.19. The van der Waals surface area contributed by atoms with Crippen LogP contribution in [0.2, 0.25) is 0 Å². The molecule has 3 unspecified atom stereocenters. The predicted molar refractivity (Wildman–Crippen MR) is 84.7 cm³/mol. The Labute approximate surface area is 119 Å². The van der Waals surface area contributed by atoms with Crippen molar-refractivity contribution in [3.05, 3.63) is 35.4 Å². The Kier molecular flexibility index (Phi) is 7.11. The zero-order valence-corrected chi connectivity index (χ0v) is 13.2. The molecule has 1 aromatic carbocycles. The molecule has 0 aliphatic carbocycles. The first-order valence-electron chi connectivity index (χ1n) is 7.59. The van der Waals surface area contributed by atoms with E-state index in [2.05, 4.69) is 62.7 Å². The van der Waals surface area contributed by atoms with Crippen molar-refractivity contribution in [3.8, 4) is 0 Å². The van der Waals surface area contributed by atoms with Crippen molar-refractivity contribution in [1.29, 1.82) is 0 Å². The first-order valence-corrected chi connectivity index (χ1v) is 7.59. The fraction of sp³-hybridized carbons (Fsp3) is 0.647. The molecule has 0 aliphatic heterocycles. The molecule has 2 N–H and O–H groups in total. The molecule has 2 nitrogen and oxygen atoms in total. The van der Waals surface area contributed by atoms with Gasteiger partial charge in [0, 0.05) is 6.04 Å². The van der Waals surface area contributed by atoms with Gasteiger partial charge in [-0.2, -0.15) is 0 Å². The second-order valence-electron chi connectivity index (χ2n) is 5.47. The summed E-state index contributed by atoms with van der Waals surface area (Å²) < 4.78 is 0. The fourth-order valence-corrected chi connectivity index (χ4v) is 2.70. The second-order valence-corrected chi connectivity index (χ2v) is 5.47. The molecular weight excluding hydrogens is 232 g/mol. The van der Waals surface area contributed by atoms with Crippen molar-refractivity contribution in [2.75, 3.05) is 20.6 Å². The molecule has 0 spiro atoms. The molecule has 2 heteroatoms. The van der Waals surface area contributed by atoms with E-state index < -0.39 is 0 Å². The van der Waals surface area contributed by atoms with E-state index in [0.717, 1.165) is 6.54 Å². The third kappa shape index (κ3) is 4.32. The van der Waals surface area contributed by atoms with E-state index in [9.17, 15) is 0 Å². The van der Waals surface area contributed by atoms with Crippen molar-refractivity contribution in [1.82, 2.24) is 10.6 Å². The third-order valence-corrected chi connectivity index (χ3v) is 4.25. The molecule has 0 fully saturated rings. The highest BCUT2D eigenvalue weighted by Crippen LogP contribution is 2.26. The lowest BCUT2D eigenvalue weighted by molar-refractivity contribution is 0.359. The number of nitrogens with one attached hydrogen (secondary N) is 2. The van der Waals surface area contributed by atoms with Crippen molar-refractivity contribution in [2.24, 2.45) is 5.92 Å². The summed E-state index contributed by atoms with van der Waals surface area (Å²) >= 11 is 0. The number of hydrogen-bond acceptors (Lipinski definition) is 2. The Bertz CT molecular complexity index is 345. The van der Waals surface area contributed by atoms with Crippen LogP contribution in [0, 0.1) is 5.92 Å². The van der Waals surface area contributed by atoms with Crippen molar-refractivity contribution in [3.63, 3.8) is 0 Å². The van der Waals surface area contributed by atoms with E-state index in [0.29, 0.717) is 17.9 Å². The normalized spacial score (nSPS) is 16.1. The highest BCUT2D eigenvalue weighted by atomic mass is 14.9. The first kappa shape index (κ1) is 16.2. The van der Waals surface area contributed by atoms with Crippen LogP contribution in [0.1, 0.15) is 56.7 Å². The fourth-order valence-electron chi connectivity index (χ4n) is 2.70. The second kappa shape index (κ2) is 8.34. The number of hydrogen-bond donors (Lipinski definition) is 2. The van der Waals surface area contributed by atoms with Gasteiger partial charge in [0.05, 0.1) is 0 Å². The average molecular weight is 262 g/mol. The van der Waals surface area contributed by atoms with Gasteiger partial charge in [0.25, 0.3) is 0 Å². The largest absolute Gasteiger partial charge is 0.319 e. The monoisotopic (exact) mass is 262 g/mol. The lowest BCUT2D eigenvalue weighted by atomic mass is 9.89. The summed E-state index contributed by atoms with van der Waals surface area (Å²) in [7, 11) is 4.09. The van der Waals surface area contributed by atoms with Crippen molar-refractivity contribution in [2.45, 2.75) is 45.6 Å². The molecule has 0 saturated carbocycles. The SMILES string of the molecule is CCC(C)c1ccc(C(NC)C(CC)CNC)cc1. The summed E-state index contributed by atoms with van der Waals surface area (Å²) in [6.45, 7) is 7.85. The standard InChI is InChI=1S/C17H30N2/c1-6-13(3)15-8-10-16(11-9-15)17(19-5)14(7-2)12-18-4/h8-11,13-14,17-19H,6-7,12H2,1-5H3. The summed E-state index contributed by atoms with van der Waals surface area (Å²) in [5.74, 6) is 1.28. The Morgan fingerprint density at radius 2 is 1.53 bits per heavy atom. The minimum Gasteiger partial charge on any atom is -0.319 e. The van der Waals surface area contributed by atoms with Gasteiger partial charge in [-0.15, -0.1) is 0 Å². The number of rotatable bonds is 8. The van der Waals surface area contributed by atoms with Gasteiger partial charge in [0.2, 0.25) is 0 Å². The van der Waals surface area contributed by atoms with Crippen molar-refractivity contribution >= 4 is 0 Å². The number of benzene rings is 1. The smallest absolute Gasteiger partial charge is 0.0358 e. The van der Waals surface area contributed by atoms with Crippen LogP contribution in [0.3, 0.4) is 0 Å². The van der Waals surface area contributed by atoms with E-state index >= 15 is 0 Å². The summed E-state index contributed by atoms with van der Waals surface area (Å²) in [6.07, 6.45) is 2.38. The Morgan fingerprint density at radius 3 is 1.95 bits per heavy atom. The minimum atomic E-state index is 0.434. The zero-order chi connectivity index (χ0) is 14.3. The molecule has 0 radical (unpaired) electrons. The van der Waals surface area contributed by atoms with E-state index in [-0.39, 0.29) is 0 Å². The lowest BCUT2D eigenvalue weighted by Crippen LogP contribution is -2.31. The van der Waals surface area contributed by atoms with Crippen LogP contribution in [0.25, 0.3) is 0 Å². The summed E-state index contributed by atoms with van der Waals surface area (Å²) in [5, 5.41) is 6.78. The molecular formula is C17H30N2. The van der Waals surface area contributed by atoms with Crippen LogP contribution >= 0.6 is 0 Å². The van der Waals surface area contributed by atoms with Gasteiger partial charge in [-0.05, 0) is 50.0 Å². The predicted octanol–water partition coefficient (Wildman–Crippen LogP) is 3.71. The summed E-state index contributed by atoms with van der Waals surface area (Å²) in [6, 6.07) is 9.60. The quantitative estimate of drug-likeness (QED) is 0.746. The Balaban J connectivity index is 2.86. The molecule has 0 bridgehead atoms. The maximum Gasteiger partial charge on any atom is 0.0358 e. The van der Waals surface area contributed by atoms with Crippen LogP contribution in [0.4, 0.5) is 0 Å². The third-order valence-electron chi connectivity index (χ3n) is 4.25. The van der Waals surface area contributed by atoms with E-state index in [1.807, 2.05) is 7.05 Å². The molecule has 0 aliphatic rings. The van der Waals surface area contributed by atoms with E-state index in [4.69, 9.17) is 0 Å². The van der Waals surface area contributed by atoms with Crippen LogP contribution in [0.5, 0.6) is 0 Å². The van der Waals surface area contributed by atoms with Gasteiger partial charge in [0.1, 0.15) is 0 Å². The molecule has 1 rings (SSSR count). The van der Waals surface area contributed by atoms with E-state index in [1.54, 1.807) is 0 Å². The van der Waals surface area contributed by atoms with Crippen LogP contribution in [0.15, 0.2) is 24.3 Å². The Morgan fingerprint density at radius 1 is 0.947 bits per heavy atom. The van der Waals surface area contributed by atoms with Crippen LogP contribution in [-0.4, -0.2) is 20.6 Å². The summed E-state index contributed by atoms with van der Waals surface area (Å²) in [4.78, 5) is 0. The lowest BCUT2D eigenvalue weighted by Gasteiger charge is -2.26. The van der Waals surface area contributed by atoms with E-state index in [1.165, 1.54) is 24.0 Å². The zero-order valence-electron chi connectivity index (χ0n) is 13.2. The van der Waals surface area contributed by atoms with Gasteiger partial charge in [0.15, 0.2) is 0 Å². The van der Waals surface area contributed by atoms with Gasteiger partial charge < -0.3 is 10.6 Å². The summed E-state index contributed by atoms with van der Waals surface area (Å²) in [5.41, 5.74) is 2.85. The Hall–Kier alpha value is -0.860. The maximum absolute atomic E-state index is 3.48. The van der Waals surface area contributed by atoms with Gasteiger partial charge in [-0.3, -0.25) is 0 Å². The first-order chi connectivity index (χ1) is 9.17. The van der Waals surface area contributed by atoms with Gasteiger partial charge in [-0.25, -0.2) is 0 Å².